The minimum absolute atomic E-state index is 0.303. The lowest BCUT2D eigenvalue weighted by atomic mass is 9.88. The molecule has 0 spiro atoms. The molecule has 2 N–H and O–H groups in total. The maximum absolute atomic E-state index is 9.14. The van der Waals surface area contributed by atoms with Gasteiger partial charge in [-0.15, -0.1) is 11.8 Å². The quantitative estimate of drug-likeness (QED) is 0.861. The summed E-state index contributed by atoms with van der Waals surface area (Å²) in [6, 6.07) is 5.94. The minimum atomic E-state index is -0.617. The van der Waals surface area contributed by atoms with Gasteiger partial charge in [0.15, 0.2) is 0 Å². The number of halogens is 1. The second-order valence-electron chi connectivity index (χ2n) is 4.67. The number of nitrogens with two attached hydrogens (primary N) is 1. The van der Waals surface area contributed by atoms with Crippen molar-refractivity contribution >= 4 is 23.4 Å². The lowest BCUT2D eigenvalue weighted by Gasteiger charge is -2.23. The monoisotopic (exact) mass is 281 g/mol. The predicted molar refractivity (Wildman–Crippen MR) is 74.5 cm³/mol. The third-order valence-electron chi connectivity index (χ3n) is 3.51. The fraction of sp³-hybridized carbons (Fsp3) is 0.538. The molecular formula is C13H16ClN3S. The van der Waals surface area contributed by atoms with Crippen molar-refractivity contribution < 1.29 is 0 Å². The predicted octanol–water partition coefficient (Wildman–Crippen LogP) is 3.24. The number of hydrogen-bond donors (Lipinski definition) is 1. The van der Waals surface area contributed by atoms with E-state index in [4.69, 9.17) is 22.6 Å². The molecule has 2 unspecified atom stereocenters. The summed E-state index contributed by atoms with van der Waals surface area (Å²) in [5, 5.41) is 10.7. The van der Waals surface area contributed by atoms with Crippen molar-refractivity contribution in [3.05, 3.63) is 23.4 Å². The van der Waals surface area contributed by atoms with E-state index in [2.05, 4.69) is 11.1 Å². The topological polar surface area (TPSA) is 62.7 Å². The lowest BCUT2D eigenvalue weighted by Crippen LogP contribution is -2.41. The second kappa shape index (κ2) is 5.92. The first-order chi connectivity index (χ1) is 8.65. The van der Waals surface area contributed by atoms with Crippen molar-refractivity contribution in [1.82, 2.24) is 4.98 Å². The van der Waals surface area contributed by atoms with Gasteiger partial charge in [0.05, 0.1) is 11.1 Å². The molecular weight excluding hydrogens is 266 g/mol. The van der Waals surface area contributed by atoms with Crippen LogP contribution < -0.4 is 5.73 Å². The summed E-state index contributed by atoms with van der Waals surface area (Å²) in [5.41, 5.74) is 5.48. The van der Waals surface area contributed by atoms with Crippen molar-refractivity contribution in [2.45, 2.75) is 36.2 Å². The van der Waals surface area contributed by atoms with Crippen molar-refractivity contribution in [3.8, 4) is 6.07 Å². The zero-order chi connectivity index (χ0) is 13.0. The van der Waals surface area contributed by atoms with E-state index in [1.165, 1.54) is 0 Å². The maximum atomic E-state index is 9.14. The maximum Gasteiger partial charge on any atom is 0.115 e. The van der Waals surface area contributed by atoms with Crippen LogP contribution in [0.15, 0.2) is 23.4 Å². The van der Waals surface area contributed by atoms with Gasteiger partial charge in [-0.25, -0.2) is 4.98 Å². The molecule has 2 atom stereocenters. The molecule has 18 heavy (non-hydrogen) atoms. The fourth-order valence-electron chi connectivity index (χ4n) is 2.43. The van der Waals surface area contributed by atoms with Gasteiger partial charge in [-0.1, -0.05) is 18.0 Å². The summed E-state index contributed by atoms with van der Waals surface area (Å²) in [7, 11) is 0. The summed E-state index contributed by atoms with van der Waals surface area (Å²) in [5.74, 6) is 1.21. The van der Waals surface area contributed by atoms with E-state index in [0.29, 0.717) is 10.9 Å². The lowest BCUT2D eigenvalue weighted by molar-refractivity contribution is 0.389. The summed E-state index contributed by atoms with van der Waals surface area (Å²) < 4.78 is 0. The first kappa shape index (κ1) is 13.7. The summed E-state index contributed by atoms with van der Waals surface area (Å²) in [4.78, 5) is 4.23. The Morgan fingerprint density at radius 1 is 1.67 bits per heavy atom. The second-order valence-corrected chi connectivity index (χ2v) is 6.16. The van der Waals surface area contributed by atoms with Gasteiger partial charge in [-0.05, 0) is 43.1 Å². The van der Waals surface area contributed by atoms with Crippen molar-refractivity contribution in [2.24, 2.45) is 11.7 Å². The number of nitrogens with zero attached hydrogens (tertiary/aromatic N) is 2. The standard InChI is InChI=1S/C13H16ClN3S/c14-11-4-2-7-17-12(11)18-8-5-10-3-1-6-13(10,16)9-15/h2,4,7,10H,1,3,5-6,8,16H2. The Bertz CT molecular complexity index is 460. The molecule has 1 heterocycles. The molecule has 1 aliphatic rings. The van der Waals surface area contributed by atoms with Crippen LogP contribution in [0.3, 0.4) is 0 Å². The molecule has 0 aliphatic heterocycles. The first-order valence-corrected chi connectivity index (χ1v) is 7.45. The van der Waals surface area contributed by atoms with E-state index in [0.717, 1.165) is 36.5 Å². The number of pyridine rings is 1. The van der Waals surface area contributed by atoms with Crippen LogP contribution in [-0.2, 0) is 0 Å². The van der Waals surface area contributed by atoms with Gasteiger partial charge in [0, 0.05) is 6.20 Å². The summed E-state index contributed by atoms with van der Waals surface area (Å²) >= 11 is 7.68. The van der Waals surface area contributed by atoms with E-state index < -0.39 is 5.54 Å². The molecule has 0 radical (unpaired) electrons. The first-order valence-electron chi connectivity index (χ1n) is 6.09. The van der Waals surface area contributed by atoms with E-state index in [1.807, 2.05) is 12.1 Å². The molecule has 0 saturated heterocycles. The van der Waals surface area contributed by atoms with E-state index in [1.54, 1.807) is 18.0 Å². The highest BCUT2D eigenvalue weighted by molar-refractivity contribution is 7.99. The van der Waals surface area contributed by atoms with Gasteiger partial charge in [-0.3, -0.25) is 0 Å². The SMILES string of the molecule is N#CC1(N)CCCC1CCSc1ncccc1Cl. The van der Waals surface area contributed by atoms with Crippen molar-refractivity contribution in [1.29, 1.82) is 5.26 Å². The Kier molecular flexibility index (Phi) is 4.50. The fourth-order valence-corrected chi connectivity index (χ4v) is 3.65. The van der Waals surface area contributed by atoms with Gasteiger partial charge in [-0.2, -0.15) is 5.26 Å². The molecule has 3 nitrogen and oxygen atoms in total. The van der Waals surface area contributed by atoms with Crippen molar-refractivity contribution in [3.63, 3.8) is 0 Å². The highest BCUT2D eigenvalue weighted by Gasteiger charge is 2.39. The molecule has 1 aromatic heterocycles. The van der Waals surface area contributed by atoms with E-state index >= 15 is 0 Å². The highest BCUT2D eigenvalue weighted by atomic mass is 35.5. The zero-order valence-electron chi connectivity index (χ0n) is 10.1. The Balaban J connectivity index is 1.86. The molecule has 0 amide bonds. The van der Waals surface area contributed by atoms with Crippen LogP contribution in [0.5, 0.6) is 0 Å². The molecule has 5 heteroatoms. The molecule has 2 rings (SSSR count). The van der Waals surface area contributed by atoms with Crippen LogP contribution in [0.4, 0.5) is 0 Å². The highest BCUT2D eigenvalue weighted by Crippen LogP contribution is 2.37. The normalized spacial score (nSPS) is 27.1. The van der Waals surface area contributed by atoms with Crippen molar-refractivity contribution in [2.75, 3.05) is 5.75 Å². The van der Waals surface area contributed by atoms with E-state index in [9.17, 15) is 0 Å². The van der Waals surface area contributed by atoms with Gasteiger partial charge >= 0.3 is 0 Å². The summed E-state index contributed by atoms with van der Waals surface area (Å²) in [6.07, 6.45) is 5.63. The molecule has 0 aromatic carbocycles. The Hall–Kier alpha value is -0.760. The Labute approximate surface area is 117 Å². The van der Waals surface area contributed by atoms with E-state index in [-0.39, 0.29) is 0 Å². The molecule has 1 saturated carbocycles. The number of hydrogen-bond acceptors (Lipinski definition) is 4. The molecule has 1 aliphatic carbocycles. The van der Waals surface area contributed by atoms with Gasteiger partial charge in [0.25, 0.3) is 0 Å². The van der Waals surface area contributed by atoms with Gasteiger partial charge in [0.2, 0.25) is 0 Å². The smallest absolute Gasteiger partial charge is 0.115 e. The number of rotatable bonds is 4. The number of nitriles is 1. The number of aromatic nitrogens is 1. The largest absolute Gasteiger partial charge is 0.313 e. The molecule has 1 fully saturated rings. The van der Waals surface area contributed by atoms with Crippen LogP contribution in [0, 0.1) is 17.2 Å². The van der Waals surface area contributed by atoms with Gasteiger partial charge < -0.3 is 5.73 Å². The zero-order valence-corrected chi connectivity index (χ0v) is 11.7. The van der Waals surface area contributed by atoms with Gasteiger partial charge in [0.1, 0.15) is 10.6 Å². The molecule has 0 bridgehead atoms. The number of thioether (sulfide) groups is 1. The average Bonchev–Trinajstić information content (AvgIpc) is 2.74. The van der Waals surface area contributed by atoms with Crippen LogP contribution >= 0.6 is 23.4 Å². The molecule has 1 aromatic rings. The Morgan fingerprint density at radius 2 is 2.50 bits per heavy atom. The molecule has 96 valence electrons. The average molecular weight is 282 g/mol. The third-order valence-corrected chi connectivity index (χ3v) is 4.97. The van der Waals surface area contributed by atoms with Crippen LogP contribution in [0.25, 0.3) is 0 Å². The van der Waals surface area contributed by atoms with Crippen LogP contribution in [-0.4, -0.2) is 16.3 Å². The third kappa shape index (κ3) is 2.97. The van der Waals surface area contributed by atoms with Crippen LogP contribution in [0.1, 0.15) is 25.7 Å². The Morgan fingerprint density at radius 3 is 3.22 bits per heavy atom. The van der Waals surface area contributed by atoms with Crippen LogP contribution in [0.2, 0.25) is 5.02 Å². The minimum Gasteiger partial charge on any atom is -0.313 e. The summed E-state index contributed by atoms with van der Waals surface area (Å²) in [6.45, 7) is 0.